The van der Waals surface area contributed by atoms with E-state index in [9.17, 15) is 0 Å². The molecule has 3 rings (SSSR count). The number of nitrogens with two attached hydrogens (primary N) is 1. The van der Waals surface area contributed by atoms with Crippen LogP contribution in [0.2, 0.25) is 0 Å². The number of likely N-dealkylation sites (N-methyl/N-ethyl adjacent to an activating group) is 1. The summed E-state index contributed by atoms with van der Waals surface area (Å²) in [6.45, 7) is 5.22. The van der Waals surface area contributed by atoms with Crippen molar-refractivity contribution < 1.29 is 0 Å². The van der Waals surface area contributed by atoms with Gasteiger partial charge in [-0.3, -0.25) is 5.32 Å². The van der Waals surface area contributed by atoms with Crippen LogP contribution in [0.15, 0.2) is 83.0 Å². The normalized spacial score (nSPS) is 16.5. The fraction of sp³-hybridized carbons (Fsp3) is 0.304. The Hall–Kier alpha value is -1.92. The summed E-state index contributed by atoms with van der Waals surface area (Å²) in [5, 5.41) is 9.77. The Bertz CT molecular complexity index is 715. The van der Waals surface area contributed by atoms with Gasteiger partial charge in [-0.2, -0.15) is 0 Å². The van der Waals surface area contributed by atoms with E-state index in [1.165, 1.54) is 11.1 Å². The molecular weight excluding hydrogens is 412 g/mol. The minimum Gasteiger partial charge on any atom is -0.386 e. The molecule has 3 unspecified atom stereocenters. The lowest BCUT2D eigenvalue weighted by Crippen LogP contribution is -2.30. The van der Waals surface area contributed by atoms with Gasteiger partial charge >= 0.3 is 0 Å². The first-order chi connectivity index (χ1) is 13.5. The maximum Gasteiger partial charge on any atom is 0.0814 e. The number of hydrogen-bond donors (Lipinski definition) is 4. The minimum atomic E-state index is -0.133. The lowest BCUT2D eigenvalue weighted by Gasteiger charge is -2.20. The topological polar surface area (TPSA) is 62.1 Å². The van der Waals surface area contributed by atoms with Gasteiger partial charge in [0.2, 0.25) is 0 Å². The van der Waals surface area contributed by atoms with Crippen molar-refractivity contribution in [2.75, 3.05) is 13.6 Å². The van der Waals surface area contributed by atoms with Gasteiger partial charge < -0.3 is 16.4 Å². The number of benzene rings is 2. The first kappa shape index (κ1) is 22.4. The number of hydrogen-bond acceptors (Lipinski definition) is 4. The van der Waals surface area contributed by atoms with E-state index in [4.69, 9.17) is 5.73 Å². The number of rotatable bonds is 6. The second kappa shape index (κ2) is 11.8. The van der Waals surface area contributed by atoms with Gasteiger partial charge in [-0.1, -0.05) is 60.7 Å². The van der Waals surface area contributed by atoms with E-state index < -0.39 is 0 Å². The Balaban J connectivity index is 0.000000221. The fourth-order valence-corrected chi connectivity index (χ4v) is 3.32. The SMILES string of the molecule is CC(NC(N)c1ccccc1)c1ccccc1.CNC(C)C1=CC(Br)=CNC1. The van der Waals surface area contributed by atoms with Crippen LogP contribution in [0.5, 0.6) is 0 Å². The molecule has 0 saturated carbocycles. The molecule has 1 aliphatic heterocycles. The number of halogens is 1. The van der Waals surface area contributed by atoms with Crippen molar-refractivity contribution in [3.05, 3.63) is 94.1 Å². The zero-order valence-corrected chi connectivity index (χ0v) is 18.4. The third-order valence-corrected chi connectivity index (χ3v) is 5.20. The predicted octanol–water partition coefficient (Wildman–Crippen LogP) is 4.35. The van der Waals surface area contributed by atoms with Gasteiger partial charge in [0, 0.05) is 29.3 Å². The second-order valence-corrected chi connectivity index (χ2v) is 7.74. The summed E-state index contributed by atoms with van der Waals surface area (Å²) in [6, 6.07) is 21.1. The van der Waals surface area contributed by atoms with Crippen LogP contribution in [0.25, 0.3) is 0 Å². The molecule has 28 heavy (non-hydrogen) atoms. The molecule has 0 saturated heterocycles. The van der Waals surface area contributed by atoms with Crippen molar-refractivity contribution in [3.8, 4) is 0 Å². The van der Waals surface area contributed by atoms with Gasteiger partial charge in [-0.25, -0.2) is 0 Å². The highest BCUT2D eigenvalue weighted by Crippen LogP contribution is 2.16. The molecule has 150 valence electrons. The molecule has 0 amide bonds. The Morgan fingerprint density at radius 1 is 0.929 bits per heavy atom. The lowest BCUT2D eigenvalue weighted by atomic mass is 10.1. The van der Waals surface area contributed by atoms with Crippen LogP contribution in [0.3, 0.4) is 0 Å². The average Bonchev–Trinajstić information content (AvgIpc) is 2.74. The molecule has 0 bridgehead atoms. The van der Waals surface area contributed by atoms with Gasteiger partial charge in [0.1, 0.15) is 0 Å². The first-order valence-electron chi connectivity index (χ1n) is 9.59. The summed E-state index contributed by atoms with van der Waals surface area (Å²) in [5.41, 5.74) is 9.85. The summed E-state index contributed by atoms with van der Waals surface area (Å²) in [7, 11) is 1.97. The number of allylic oxidation sites excluding steroid dienone is 2. The Kier molecular flexibility index (Phi) is 9.44. The molecule has 5 heteroatoms. The molecule has 2 aromatic rings. The van der Waals surface area contributed by atoms with Gasteiger partial charge in [-0.15, -0.1) is 0 Å². The molecule has 1 aliphatic rings. The van der Waals surface area contributed by atoms with Crippen LogP contribution in [0, 0.1) is 0 Å². The highest BCUT2D eigenvalue weighted by Gasteiger charge is 2.10. The molecule has 0 spiro atoms. The van der Waals surface area contributed by atoms with Crippen LogP contribution in [0.1, 0.15) is 37.2 Å². The standard InChI is InChI=1S/C15H18N2.C8H13BrN2/c1-12(13-8-4-2-5-9-13)17-15(16)14-10-6-3-7-11-14;1-6(10-2)7-3-8(9)5-11-4-7/h2-12,15,17H,16H2,1H3;3,5-6,10-11H,4H2,1-2H3. The Labute approximate surface area is 177 Å². The van der Waals surface area contributed by atoms with Gasteiger partial charge in [0.25, 0.3) is 0 Å². The van der Waals surface area contributed by atoms with E-state index in [1.807, 2.05) is 61.8 Å². The maximum absolute atomic E-state index is 6.12. The fourth-order valence-electron chi connectivity index (χ4n) is 2.86. The number of dihydropyridines is 1. The molecule has 2 aromatic carbocycles. The van der Waals surface area contributed by atoms with Crippen molar-refractivity contribution >= 4 is 15.9 Å². The summed E-state index contributed by atoms with van der Waals surface area (Å²) in [6.07, 6.45) is 3.98. The van der Waals surface area contributed by atoms with E-state index in [0.717, 1.165) is 16.6 Å². The second-order valence-electron chi connectivity index (χ2n) is 6.83. The van der Waals surface area contributed by atoms with E-state index >= 15 is 0 Å². The summed E-state index contributed by atoms with van der Waals surface area (Å²) < 4.78 is 1.11. The average molecular weight is 443 g/mol. The van der Waals surface area contributed by atoms with E-state index in [2.05, 4.69) is 63.9 Å². The lowest BCUT2D eigenvalue weighted by molar-refractivity contribution is 0.479. The summed E-state index contributed by atoms with van der Waals surface area (Å²) in [4.78, 5) is 0. The molecule has 4 nitrogen and oxygen atoms in total. The molecule has 1 heterocycles. The molecular formula is C23H31BrN4. The number of nitrogens with one attached hydrogen (secondary N) is 3. The smallest absolute Gasteiger partial charge is 0.0814 e. The Morgan fingerprint density at radius 3 is 2.04 bits per heavy atom. The Morgan fingerprint density at radius 2 is 1.50 bits per heavy atom. The van der Waals surface area contributed by atoms with Crippen LogP contribution in [0.4, 0.5) is 0 Å². The zero-order valence-electron chi connectivity index (χ0n) is 16.8. The third kappa shape index (κ3) is 7.24. The van der Waals surface area contributed by atoms with Crippen LogP contribution in [-0.4, -0.2) is 19.6 Å². The van der Waals surface area contributed by atoms with E-state index in [-0.39, 0.29) is 12.2 Å². The van der Waals surface area contributed by atoms with Crippen molar-refractivity contribution in [2.24, 2.45) is 5.73 Å². The summed E-state index contributed by atoms with van der Waals surface area (Å²) >= 11 is 3.42. The quantitative estimate of drug-likeness (QED) is 0.502. The largest absolute Gasteiger partial charge is 0.386 e. The van der Waals surface area contributed by atoms with Crippen molar-refractivity contribution in [1.29, 1.82) is 0 Å². The molecule has 0 aliphatic carbocycles. The summed E-state index contributed by atoms with van der Waals surface area (Å²) in [5.74, 6) is 0. The van der Waals surface area contributed by atoms with Crippen LogP contribution < -0.4 is 21.7 Å². The molecule has 0 fully saturated rings. The zero-order chi connectivity index (χ0) is 20.4. The van der Waals surface area contributed by atoms with Gasteiger partial charge in [0.15, 0.2) is 0 Å². The van der Waals surface area contributed by atoms with Crippen molar-refractivity contribution in [3.63, 3.8) is 0 Å². The van der Waals surface area contributed by atoms with Crippen LogP contribution >= 0.6 is 15.9 Å². The molecule has 0 radical (unpaired) electrons. The predicted molar refractivity (Wildman–Crippen MR) is 123 cm³/mol. The molecule has 5 N–H and O–H groups in total. The maximum atomic E-state index is 6.12. The van der Waals surface area contributed by atoms with Crippen LogP contribution in [-0.2, 0) is 0 Å². The van der Waals surface area contributed by atoms with Gasteiger partial charge in [-0.05, 0) is 59.6 Å². The van der Waals surface area contributed by atoms with Crippen molar-refractivity contribution in [2.45, 2.75) is 32.1 Å². The highest BCUT2D eigenvalue weighted by atomic mass is 79.9. The van der Waals surface area contributed by atoms with Crippen molar-refractivity contribution in [1.82, 2.24) is 16.0 Å². The monoisotopic (exact) mass is 442 g/mol. The van der Waals surface area contributed by atoms with E-state index in [0.29, 0.717) is 6.04 Å². The molecule has 3 atom stereocenters. The minimum absolute atomic E-state index is 0.133. The van der Waals surface area contributed by atoms with Gasteiger partial charge in [0.05, 0.1) is 6.17 Å². The third-order valence-electron chi connectivity index (χ3n) is 4.75. The highest BCUT2D eigenvalue weighted by molar-refractivity contribution is 9.11. The van der Waals surface area contributed by atoms with E-state index in [1.54, 1.807) is 0 Å². The first-order valence-corrected chi connectivity index (χ1v) is 10.4. The molecule has 0 aromatic heterocycles.